The molecule has 1 N–H and O–H groups in total. The summed E-state index contributed by atoms with van der Waals surface area (Å²) >= 11 is 0. The van der Waals surface area contributed by atoms with Crippen molar-refractivity contribution < 1.29 is 39.3 Å². The highest BCUT2D eigenvalue weighted by molar-refractivity contribution is 5.14. The van der Waals surface area contributed by atoms with Gasteiger partial charge in [-0.3, -0.25) is 0 Å². The van der Waals surface area contributed by atoms with Crippen molar-refractivity contribution >= 4 is 0 Å². The molecule has 0 aliphatic heterocycles. The lowest BCUT2D eigenvalue weighted by Crippen LogP contribution is -3.00. The van der Waals surface area contributed by atoms with Crippen molar-refractivity contribution in [3.05, 3.63) is 71.8 Å². The maximum atomic E-state index is 2.29. The lowest BCUT2D eigenvalue weighted by atomic mass is 10.2. The molecule has 3 nitrogen and oxygen atoms in total. The number of nitrogens with zero attached hydrogens (tertiary/aromatic N) is 2. The van der Waals surface area contributed by atoms with Gasteiger partial charge in [0.1, 0.15) is 13.1 Å². The summed E-state index contributed by atoms with van der Waals surface area (Å²) in [6.45, 7) is 9.24. The highest BCUT2D eigenvalue weighted by Gasteiger charge is 2.14. The number of quaternary nitrogens is 2. The average Bonchev–Trinajstić information content (AvgIpc) is 2.56. The molecule has 0 heterocycles. The summed E-state index contributed by atoms with van der Waals surface area (Å²) in [5.74, 6) is 0. The van der Waals surface area contributed by atoms with E-state index in [1.807, 2.05) is 0 Å². The molecule has 2 aromatic rings. The standard InChI is InChI=1S/2C12H20N.2ClH.H2O/c2*1-4-10-13(2,3)11-12-8-6-5-7-9-12;;;/h2*5-9H,4,10-11H2,1-3H3;2*1H;1H2/q2*+1;;;/p-3. The summed E-state index contributed by atoms with van der Waals surface area (Å²) in [5, 5.41) is 0. The number of benzene rings is 2. The highest BCUT2D eigenvalue weighted by atomic mass is 35.5. The quantitative estimate of drug-likeness (QED) is 0.490. The van der Waals surface area contributed by atoms with E-state index in [0.29, 0.717) is 0 Å². The Kier molecular flexibility index (Phi) is 18.7. The summed E-state index contributed by atoms with van der Waals surface area (Å²) in [5.41, 5.74) is 2.86. The molecule has 0 aromatic heterocycles. The molecule has 0 aliphatic carbocycles. The van der Waals surface area contributed by atoms with E-state index in [2.05, 4.69) is 103 Å². The minimum atomic E-state index is 0. The molecule has 0 saturated heterocycles. The van der Waals surface area contributed by atoms with Crippen LogP contribution >= 0.6 is 0 Å². The molecule has 2 aromatic carbocycles. The highest BCUT2D eigenvalue weighted by Crippen LogP contribution is 2.10. The average molecular weight is 445 g/mol. The molecule has 0 unspecified atom stereocenters. The van der Waals surface area contributed by atoms with E-state index in [0.717, 1.165) is 22.1 Å². The van der Waals surface area contributed by atoms with E-state index in [1.54, 1.807) is 0 Å². The van der Waals surface area contributed by atoms with Gasteiger partial charge in [0, 0.05) is 11.1 Å². The lowest BCUT2D eigenvalue weighted by molar-refractivity contribution is -0.903. The van der Waals surface area contributed by atoms with Crippen LogP contribution in [0, 0.1) is 0 Å². The molecule has 5 heteroatoms. The largest absolute Gasteiger partial charge is 1.00 e. The van der Waals surface area contributed by atoms with Crippen LogP contribution < -0.4 is 24.8 Å². The Labute approximate surface area is 192 Å². The van der Waals surface area contributed by atoms with Gasteiger partial charge in [-0.15, -0.1) is 0 Å². The fraction of sp³-hybridized carbons (Fsp3) is 0.500. The van der Waals surface area contributed by atoms with Crippen molar-refractivity contribution in [1.29, 1.82) is 0 Å². The molecule has 0 atom stereocenters. The predicted molar refractivity (Wildman–Crippen MR) is 117 cm³/mol. The van der Waals surface area contributed by atoms with Gasteiger partial charge in [0.15, 0.2) is 0 Å². The zero-order chi connectivity index (χ0) is 19.5. The van der Waals surface area contributed by atoms with Crippen molar-refractivity contribution in [2.45, 2.75) is 39.8 Å². The Morgan fingerprint density at radius 1 is 0.552 bits per heavy atom. The Morgan fingerprint density at radius 3 is 1.07 bits per heavy atom. The number of rotatable bonds is 8. The number of hydrogen-bond donors (Lipinski definition) is 0. The number of hydrogen-bond acceptors (Lipinski definition) is 1. The van der Waals surface area contributed by atoms with E-state index in [-0.39, 0.29) is 30.3 Å². The fourth-order valence-electron chi connectivity index (χ4n) is 3.52. The van der Waals surface area contributed by atoms with Crippen LogP contribution in [0.25, 0.3) is 0 Å². The van der Waals surface area contributed by atoms with Gasteiger partial charge in [-0.05, 0) is 12.8 Å². The van der Waals surface area contributed by atoms with E-state index in [4.69, 9.17) is 0 Å². The normalized spacial score (nSPS) is 10.4. The molecular weight excluding hydrogens is 403 g/mol. The first-order chi connectivity index (χ1) is 12.3. The van der Waals surface area contributed by atoms with Crippen LogP contribution in [-0.4, -0.2) is 55.7 Å². The van der Waals surface area contributed by atoms with Crippen molar-refractivity contribution in [3.63, 3.8) is 0 Å². The molecule has 0 radical (unpaired) electrons. The second kappa shape index (κ2) is 16.7. The van der Waals surface area contributed by atoms with Gasteiger partial charge in [-0.25, -0.2) is 0 Å². The second-order valence-electron chi connectivity index (χ2n) is 8.61. The Morgan fingerprint density at radius 2 is 0.828 bits per heavy atom. The molecule has 0 spiro atoms. The molecular formula is C24H41Cl2N2O-. The van der Waals surface area contributed by atoms with E-state index < -0.39 is 0 Å². The second-order valence-corrected chi connectivity index (χ2v) is 8.61. The summed E-state index contributed by atoms with van der Waals surface area (Å²) < 4.78 is 2.17. The smallest absolute Gasteiger partial charge is 0.104 e. The Hall–Kier alpha value is -1.10. The van der Waals surface area contributed by atoms with Crippen LogP contribution in [0.5, 0.6) is 0 Å². The fourth-order valence-corrected chi connectivity index (χ4v) is 3.52. The van der Waals surface area contributed by atoms with Crippen LogP contribution in [0.15, 0.2) is 60.7 Å². The summed E-state index contributed by atoms with van der Waals surface area (Å²) in [7, 11) is 9.15. The lowest BCUT2D eigenvalue weighted by Gasteiger charge is -2.29. The number of halogens is 2. The molecule has 0 saturated carbocycles. The Bertz CT molecular complexity index is 549. The van der Waals surface area contributed by atoms with Gasteiger partial charge < -0.3 is 39.3 Å². The third kappa shape index (κ3) is 15.4. The third-order valence-corrected chi connectivity index (χ3v) is 4.56. The van der Waals surface area contributed by atoms with Crippen molar-refractivity contribution in [3.8, 4) is 0 Å². The van der Waals surface area contributed by atoms with Crippen LogP contribution in [0.2, 0.25) is 0 Å². The minimum absolute atomic E-state index is 0. The van der Waals surface area contributed by atoms with Crippen LogP contribution in [-0.2, 0) is 13.1 Å². The molecule has 0 amide bonds. The molecule has 2 rings (SSSR count). The van der Waals surface area contributed by atoms with Crippen LogP contribution in [0.1, 0.15) is 37.8 Å². The summed E-state index contributed by atoms with van der Waals surface area (Å²) in [6.07, 6.45) is 2.50. The van der Waals surface area contributed by atoms with Gasteiger partial charge in [0.25, 0.3) is 0 Å². The van der Waals surface area contributed by atoms with Gasteiger partial charge in [0.05, 0.1) is 41.3 Å². The predicted octanol–water partition coefficient (Wildman–Crippen LogP) is -0.823. The summed E-state index contributed by atoms with van der Waals surface area (Å²) in [6, 6.07) is 21.4. The van der Waals surface area contributed by atoms with Gasteiger partial charge in [-0.1, -0.05) is 74.5 Å². The molecule has 168 valence electrons. The molecule has 29 heavy (non-hydrogen) atoms. The first kappa shape index (κ1) is 32.6. The monoisotopic (exact) mass is 443 g/mol. The maximum absolute atomic E-state index is 2.29. The first-order valence-corrected chi connectivity index (χ1v) is 10.00. The van der Waals surface area contributed by atoms with E-state index in [1.165, 1.54) is 37.1 Å². The molecule has 0 bridgehead atoms. The van der Waals surface area contributed by atoms with Gasteiger partial charge in [0.2, 0.25) is 0 Å². The van der Waals surface area contributed by atoms with Gasteiger partial charge in [-0.2, -0.15) is 0 Å². The van der Waals surface area contributed by atoms with E-state index in [9.17, 15) is 0 Å². The van der Waals surface area contributed by atoms with E-state index >= 15 is 0 Å². The van der Waals surface area contributed by atoms with Crippen molar-refractivity contribution in [2.24, 2.45) is 0 Å². The van der Waals surface area contributed by atoms with Crippen molar-refractivity contribution in [2.75, 3.05) is 41.3 Å². The SMILES string of the molecule is CCC[N+](C)(C)Cc1ccccc1.CCC[N+](C)(C)Cc1ccccc1.[Cl-].[Cl-].[OH-]. The van der Waals surface area contributed by atoms with Crippen molar-refractivity contribution in [1.82, 2.24) is 0 Å². The third-order valence-electron chi connectivity index (χ3n) is 4.56. The minimum Gasteiger partial charge on any atom is -1.00 e. The first-order valence-electron chi connectivity index (χ1n) is 10.00. The zero-order valence-electron chi connectivity index (χ0n) is 19.1. The molecule has 0 aliphatic rings. The van der Waals surface area contributed by atoms with Crippen LogP contribution in [0.3, 0.4) is 0 Å². The topological polar surface area (TPSA) is 30.0 Å². The molecule has 0 fully saturated rings. The Balaban J connectivity index is -0.000000422. The maximum Gasteiger partial charge on any atom is 0.104 e. The van der Waals surface area contributed by atoms with Gasteiger partial charge >= 0.3 is 0 Å². The van der Waals surface area contributed by atoms with Crippen LogP contribution in [0.4, 0.5) is 0 Å². The summed E-state index contributed by atoms with van der Waals surface area (Å²) in [4.78, 5) is 0. The zero-order valence-corrected chi connectivity index (χ0v) is 20.6.